The van der Waals surface area contributed by atoms with Gasteiger partial charge in [0.05, 0.1) is 10.8 Å². The summed E-state index contributed by atoms with van der Waals surface area (Å²) in [6.45, 7) is 4.33. The lowest BCUT2D eigenvalue weighted by atomic mass is 10.2. The lowest BCUT2D eigenvalue weighted by Crippen LogP contribution is -2.31. The highest BCUT2D eigenvalue weighted by molar-refractivity contribution is 7.99. The molecular weight excluding hydrogens is 438 g/mol. The summed E-state index contributed by atoms with van der Waals surface area (Å²) in [5.74, 6) is 1.63. The van der Waals surface area contributed by atoms with E-state index in [-0.39, 0.29) is 23.3 Å². The van der Waals surface area contributed by atoms with E-state index in [0.717, 1.165) is 24.2 Å². The van der Waals surface area contributed by atoms with Gasteiger partial charge < -0.3 is 14.4 Å². The number of thioether (sulfide) groups is 1. The van der Waals surface area contributed by atoms with E-state index in [1.54, 1.807) is 17.0 Å². The van der Waals surface area contributed by atoms with E-state index in [4.69, 9.17) is 9.47 Å². The fourth-order valence-electron chi connectivity index (χ4n) is 3.55. The maximum Gasteiger partial charge on any atom is 0.244 e. The fourth-order valence-corrected chi connectivity index (χ4v) is 5.75. The maximum atomic E-state index is 12.7. The van der Waals surface area contributed by atoms with E-state index in [2.05, 4.69) is 4.98 Å². The van der Waals surface area contributed by atoms with Crippen molar-refractivity contribution in [1.82, 2.24) is 14.2 Å². The first-order valence-corrected chi connectivity index (χ1v) is 12.7. The van der Waals surface area contributed by atoms with Crippen LogP contribution in [-0.4, -0.2) is 60.7 Å². The topological polar surface area (TPSA) is 89.0 Å². The third-order valence-electron chi connectivity index (χ3n) is 5.30. The largest absolute Gasteiger partial charge is 0.454 e. The van der Waals surface area contributed by atoms with Crippen molar-refractivity contribution in [3.05, 3.63) is 42.1 Å². The number of amides is 1. The van der Waals surface area contributed by atoms with Crippen molar-refractivity contribution in [2.24, 2.45) is 0 Å². The molecule has 166 valence electrons. The maximum absolute atomic E-state index is 12.7. The Bertz CT molecular complexity index is 1040. The molecule has 31 heavy (non-hydrogen) atoms. The van der Waals surface area contributed by atoms with Gasteiger partial charge in [0, 0.05) is 32.4 Å². The highest BCUT2D eigenvalue weighted by Gasteiger charge is 2.27. The Kier molecular flexibility index (Phi) is 6.68. The molecule has 0 saturated carbocycles. The van der Waals surface area contributed by atoms with Crippen LogP contribution in [0.4, 0.5) is 0 Å². The van der Waals surface area contributed by atoms with Gasteiger partial charge in [-0.05, 0) is 49.6 Å². The van der Waals surface area contributed by atoms with Crippen molar-refractivity contribution in [1.29, 1.82) is 0 Å². The first-order valence-electron chi connectivity index (χ1n) is 10.2. The van der Waals surface area contributed by atoms with E-state index in [1.165, 1.54) is 22.3 Å². The molecule has 0 radical (unpaired) electrons. The zero-order valence-electron chi connectivity index (χ0n) is 17.3. The second kappa shape index (κ2) is 9.46. The Morgan fingerprint density at radius 3 is 2.65 bits per heavy atom. The summed E-state index contributed by atoms with van der Waals surface area (Å²) in [7, 11) is -3.48. The minimum atomic E-state index is -3.48. The van der Waals surface area contributed by atoms with Gasteiger partial charge in [0.15, 0.2) is 11.5 Å². The van der Waals surface area contributed by atoms with Crippen LogP contribution in [0.5, 0.6) is 11.5 Å². The number of nitrogens with zero attached hydrogens (tertiary/aromatic N) is 3. The zero-order chi connectivity index (χ0) is 21.8. The van der Waals surface area contributed by atoms with Crippen molar-refractivity contribution in [2.75, 3.05) is 32.2 Å². The molecule has 0 aliphatic carbocycles. The smallest absolute Gasteiger partial charge is 0.244 e. The fraction of sp³-hybridized carbons (Fsp3) is 0.429. The summed E-state index contributed by atoms with van der Waals surface area (Å²) < 4.78 is 37.4. The number of carbonyl (C=O) groups excluding carboxylic acids is 1. The number of hydrogen-bond donors (Lipinski definition) is 0. The summed E-state index contributed by atoms with van der Waals surface area (Å²) in [5.41, 5.74) is 0.971. The Balaban J connectivity index is 1.34. The number of sulfonamides is 1. The van der Waals surface area contributed by atoms with Crippen molar-refractivity contribution >= 4 is 27.7 Å². The van der Waals surface area contributed by atoms with Crippen LogP contribution in [0.2, 0.25) is 0 Å². The molecule has 2 aliphatic rings. The predicted molar refractivity (Wildman–Crippen MR) is 117 cm³/mol. The van der Waals surface area contributed by atoms with Gasteiger partial charge in [0.1, 0.15) is 4.90 Å². The molecule has 2 aromatic rings. The van der Waals surface area contributed by atoms with E-state index in [9.17, 15) is 13.2 Å². The molecular formula is C21H25N3O5S2. The molecule has 2 aliphatic heterocycles. The molecule has 1 saturated heterocycles. The van der Waals surface area contributed by atoms with Crippen LogP contribution in [0.15, 0.2) is 46.5 Å². The number of hydrogen-bond acceptors (Lipinski definition) is 7. The Labute approximate surface area is 186 Å². The minimum Gasteiger partial charge on any atom is -0.454 e. The van der Waals surface area contributed by atoms with Gasteiger partial charge in [-0.3, -0.25) is 4.79 Å². The Morgan fingerprint density at radius 1 is 1.16 bits per heavy atom. The van der Waals surface area contributed by atoms with Crippen molar-refractivity contribution in [3.63, 3.8) is 0 Å². The molecule has 0 atom stereocenters. The lowest BCUT2D eigenvalue weighted by molar-refractivity contribution is -0.128. The van der Waals surface area contributed by atoms with Gasteiger partial charge in [-0.1, -0.05) is 17.8 Å². The van der Waals surface area contributed by atoms with E-state index in [0.29, 0.717) is 37.0 Å². The van der Waals surface area contributed by atoms with Crippen LogP contribution >= 0.6 is 11.8 Å². The third kappa shape index (κ3) is 4.97. The molecule has 0 N–H and O–H groups in total. The SMILES string of the molecule is CCN(Cc1ccc2c(c1)OCO2)C(=O)CSc1ccc(S(=O)(=O)N2CCCC2)cn1. The van der Waals surface area contributed by atoms with Crippen molar-refractivity contribution in [3.8, 4) is 11.5 Å². The van der Waals surface area contributed by atoms with Crippen LogP contribution in [0.3, 0.4) is 0 Å². The number of fused-ring (bicyclic) bond motifs is 1. The molecule has 8 nitrogen and oxygen atoms in total. The molecule has 3 heterocycles. The Hall–Kier alpha value is -2.30. The molecule has 1 amide bonds. The molecule has 1 fully saturated rings. The van der Waals surface area contributed by atoms with E-state index < -0.39 is 10.0 Å². The number of benzene rings is 1. The molecule has 1 aromatic carbocycles. The van der Waals surface area contributed by atoms with Crippen LogP contribution in [0, 0.1) is 0 Å². The summed E-state index contributed by atoms with van der Waals surface area (Å²) in [6.07, 6.45) is 3.16. The van der Waals surface area contributed by atoms with Gasteiger partial charge in [-0.15, -0.1) is 0 Å². The average molecular weight is 464 g/mol. The van der Waals surface area contributed by atoms with E-state index in [1.807, 2.05) is 25.1 Å². The van der Waals surface area contributed by atoms with E-state index >= 15 is 0 Å². The molecule has 10 heteroatoms. The number of ether oxygens (including phenoxy) is 2. The summed E-state index contributed by atoms with van der Waals surface area (Å²) in [5, 5.41) is 0.618. The summed E-state index contributed by atoms with van der Waals surface area (Å²) >= 11 is 1.30. The monoisotopic (exact) mass is 463 g/mol. The molecule has 0 bridgehead atoms. The van der Waals surface area contributed by atoms with Gasteiger partial charge in [0.25, 0.3) is 0 Å². The average Bonchev–Trinajstić information content (AvgIpc) is 3.48. The first-order chi connectivity index (χ1) is 15.0. The van der Waals surface area contributed by atoms with Crippen molar-refractivity contribution in [2.45, 2.75) is 36.2 Å². The molecule has 4 rings (SSSR count). The number of rotatable bonds is 8. The third-order valence-corrected chi connectivity index (χ3v) is 8.11. The lowest BCUT2D eigenvalue weighted by Gasteiger charge is -2.21. The van der Waals surface area contributed by atoms with Gasteiger partial charge in [-0.25, -0.2) is 13.4 Å². The van der Waals surface area contributed by atoms with Gasteiger partial charge in [0.2, 0.25) is 22.7 Å². The predicted octanol–water partition coefficient (Wildman–Crippen LogP) is 2.74. The summed E-state index contributed by atoms with van der Waals surface area (Å²) in [4.78, 5) is 18.9. The number of aromatic nitrogens is 1. The van der Waals surface area contributed by atoms with Crippen LogP contribution in [0.1, 0.15) is 25.3 Å². The number of carbonyl (C=O) groups is 1. The van der Waals surface area contributed by atoms with Gasteiger partial charge in [-0.2, -0.15) is 4.31 Å². The second-order valence-corrected chi connectivity index (χ2v) is 10.3. The quantitative estimate of drug-likeness (QED) is 0.556. The molecule has 0 spiro atoms. The minimum absolute atomic E-state index is 0.0132. The molecule has 0 unspecified atom stereocenters. The molecule has 1 aromatic heterocycles. The normalized spacial score (nSPS) is 15.9. The van der Waals surface area contributed by atoms with Crippen LogP contribution in [-0.2, 0) is 21.4 Å². The Morgan fingerprint density at radius 2 is 1.94 bits per heavy atom. The summed E-state index contributed by atoms with van der Waals surface area (Å²) in [6, 6.07) is 8.91. The van der Waals surface area contributed by atoms with Crippen LogP contribution < -0.4 is 9.47 Å². The highest BCUT2D eigenvalue weighted by Crippen LogP contribution is 2.33. The van der Waals surface area contributed by atoms with Crippen molar-refractivity contribution < 1.29 is 22.7 Å². The van der Waals surface area contributed by atoms with Crippen LogP contribution in [0.25, 0.3) is 0 Å². The highest BCUT2D eigenvalue weighted by atomic mass is 32.2. The second-order valence-electron chi connectivity index (χ2n) is 7.33. The zero-order valence-corrected chi connectivity index (χ0v) is 19.0. The first kappa shape index (κ1) is 21.9. The standard InChI is InChI=1S/C21H25N3O5S2/c1-2-23(13-16-5-7-18-19(11-16)29-15-28-18)21(25)14-30-20-8-6-17(12-22-20)31(26,27)24-9-3-4-10-24/h5-8,11-12H,2-4,9-10,13-15H2,1H3. The number of pyridine rings is 1. The van der Waals surface area contributed by atoms with Gasteiger partial charge >= 0.3 is 0 Å².